The molecule has 0 aromatic rings. The maximum Gasteiger partial charge on any atom is 0.472 e. The average Bonchev–Trinajstić information content (AvgIpc) is 3.07. The van der Waals surface area contributed by atoms with E-state index < -0.39 is 20.0 Å². The summed E-state index contributed by atoms with van der Waals surface area (Å²) in [6.45, 7) is 4.75. The summed E-state index contributed by atoms with van der Waals surface area (Å²) in [5.74, 6) is -0.245. The van der Waals surface area contributed by atoms with E-state index in [4.69, 9.17) is 9.05 Å². The van der Waals surface area contributed by atoms with E-state index in [9.17, 15) is 19.4 Å². The highest BCUT2D eigenvalue weighted by Crippen LogP contribution is 2.43. The van der Waals surface area contributed by atoms with Gasteiger partial charge in [-0.3, -0.25) is 13.8 Å². The van der Waals surface area contributed by atoms with Gasteiger partial charge >= 0.3 is 7.82 Å². The molecule has 0 aromatic heterocycles. The summed E-state index contributed by atoms with van der Waals surface area (Å²) in [6, 6.07) is -0.874. The van der Waals surface area contributed by atoms with Crippen molar-refractivity contribution in [1.82, 2.24) is 5.32 Å². The summed E-state index contributed by atoms with van der Waals surface area (Å²) in [5, 5.41) is 13.7. The zero-order valence-corrected chi connectivity index (χ0v) is 34.7. The minimum absolute atomic E-state index is 0.0521. The van der Waals surface area contributed by atoms with Crippen molar-refractivity contribution in [2.75, 3.05) is 40.9 Å². The van der Waals surface area contributed by atoms with Gasteiger partial charge in [0.25, 0.3) is 0 Å². The summed E-state index contributed by atoms with van der Waals surface area (Å²) >= 11 is 0. The largest absolute Gasteiger partial charge is 0.472 e. The Morgan fingerprint density at radius 3 is 1.61 bits per heavy atom. The van der Waals surface area contributed by atoms with Gasteiger partial charge in [-0.15, -0.1) is 0 Å². The number of rotatable bonds is 37. The second-order valence-corrected chi connectivity index (χ2v) is 16.8. The Balaban J connectivity index is 4.56. The predicted octanol–water partition coefficient (Wildman–Crippen LogP) is 11.1. The summed E-state index contributed by atoms with van der Waals surface area (Å²) < 4.78 is 23.5. The zero-order valence-electron chi connectivity index (χ0n) is 33.8. The molecule has 3 unspecified atom stereocenters. The molecule has 0 bridgehead atoms. The van der Waals surface area contributed by atoms with Crippen LogP contribution >= 0.6 is 7.82 Å². The van der Waals surface area contributed by atoms with Crippen LogP contribution in [0.2, 0.25) is 0 Å². The predicted molar refractivity (Wildman–Crippen MR) is 217 cm³/mol. The molecule has 0 fully saturated rings. The van der Waals surface area contributed by atoms with Crippen LogP contribution in [0, 0.1) is 0 Å². The molecule has 0 spiro atoms. The van der Waals surface area contributed by atoms with E-state index in [1.54, 1.807) is 6.08 Å². The van der Waals surface area contributed by atoms with Gasteiger partial charge in [0.2, 0.25) is 5.91 Å². The molecule has 300 valence electrons. The quantitative estimate of drug-likeness (QED) is 0.0253. The lowest BCUT2D eigenvalue weighted by Crippen LogP contribution is -2.45. The Morgan fingerprint density at radius 1 is 0.667 bits per heavy atom. The maximum atomic E-state index is 12.8. The highest BCUT2D eigenvalue weighted by Gasteiger charge is 2.27. The van der Waals surface area contributed by atoms with Crippen LogP contribution in [0.4, 0.5) is 0 Å². The van der Waals surface area contributed by atoms with Gasteiger partial charge in [0.1, 0.15) is 13.2 Å². The van der Waals surface area contributed by atoms with E-state index in [2.05, 4.69) is 37.4 Å². The van der Waals surface area contributed by atoms with E-state index in [0.29, 0.717) is 17.4 Å². The van der Waals surface area contributed by atoms with Crippen LogP contribution in [-0.4, -0.2) is 73.4 Å². The van der Waals surface area contributed by atoms with Gasteiger partial charge in [0.15, 0.2) is 0 Å². The number of carbonyl (C=O) groups excluding carboxylic acids is 1. The fourth-order valence-electron chi connectivity index (χ4n) is 5.74. The van der Waals surface area contributed by atoms with Gasteiger partial charge in [-0.05, 0) is 38.5 Å². The van der Waals surface area contributed by atoms with Gasteiger partial charge in [0, 0.05) is 6.42 Å². The molecule has 51 heavy (non-hydrogen) atoms. The number of nitrogens with one attached hydrogen (secondary N) is 1. The number of unbranched alkanes of at least 4 members (excludes halogenated alkanes) is 20. The number of likely N-dealkylation sites (N-methyl/N-ethyl adjacent to an activating group) is 1. The third-order valence-electron chi connectivity index (χ3n) is 9.12. The molecule has 0 aliphatic rings. The van der Waals surface area contributed by atoms with Gasteiger partial charge < -0.3 is 19.8 Å². The van der Waals surface area contributed by atoms with Crippen molar-refractivity contribution in [1.29, 1.82) is 0 Å². The van der Waals surface area contributed by atoms with Crippen molar-refractivity contribution in [2.24, 2.45) is 0 Å². The normalized spacial score (nSPS) is 14.9. The van der Waals surface area contributed by atoms with Crippen molar-refractivity contribution >= 4 is 13.7 Å². The molecule has 3 atom stereocenters. The molecule has 0 aliphatic carbocycles. The van der Waals surface area contributed by atoms with Crippen LogP contribution in [-0.2, 0) is 18.4 Å². The molecule has 0 radical (unpaired) electrons. The molecular formula is C42H82N2O6P+. The number of carbonyl (C=O) groups is 1. The van der Waals surface area contributed by atoms with Gasteiger partial charge in [-0.25, -0.2) is 4.57 Å². The minimum atomic E-state index is -4.34. The standard InChI is InChI=1S/C42H81N2O6P/c1-6-8-10-12-14-16-18-20-21-22-24-25-27-29-31-33-35-41(45)40(39-50-51(47,48)49-38-37-44(3,4)5)43-42(46)36-34-32-30-28-26-23-19-17-15-13-11-9-7-2/h23,26,30,32-33,35,40-41,45H,6-22,24-25,27-29,31,34,36-39H2,1-5H3,(H-,43,46,47,48)/p+1/b26-23-,32-30-,35-33+. The van der Waals surface area contributed by atoms with Gasteiger partial charge in [-0.2, -0.15) is 0 Å². The number of amides is 1. The molecule has 8 nitrogen and oxygen atoms in total. The van der Waals surface area contributed by atoms with Crippen LogP contribution in [0.3, 0.4) is 0 Å². The summed E-state index contributed by atoms with van der Waals surface area (Å²) in [6.07, 6.45) is 40.8. The second kappa shape index (κ2) is 34.5. The monoisotopic (exact) mass is 742 g/mol. The zero-order chi connectivity index (χ0) is 37.9. The topological polar surface area (TPSA) is 105 Å². The molecule has 9 heteroatoms. The van der Waals surface area contributed by atoms with E-state index in [1.165, 1.54) is 116 Å². The fraction of sp³-hybridized carbons (Fsp3) is 0.833. The lowest BCUT2D eigenvalue weighted by molar-refractivity contribution is -0.870. The number of phosphoric acid groups is 1. The third-order valence-corrected chi connectivity index (χ3v) is 10.1. The molecular weight excluding hydrogens is 659 g/mol. The number of hydrogen-bond acceptors (Lipinski definition) is 5. The molecule has 0 heterocycles. The molecule has 0 aromatic carbocycles. The number of aliphatic hydroxyl groups is 1. The van der Waals surface area contributed by atoms with Crippen molar-refractivity contribution in [3.63, 3.8) is 0 Å². The van der Waals surface area contributed by atoms with E-state index in [1.807, 2.05) is 33.3 Å². The fourth-order valence-corrected chi connectivity index (χ4v) is 6.47. The van der Waals surface area contributed by atoms with Crippen LogP contribution in [0.15, 0.2) is 36.5 Å². The highest BCUT2D eigenvalue weighted by atomic mass is 31.2. The van der Waals surface area contributed by atoms with Crippen LogP contribution in [0.25, 0.3) is 0 Å². The van der Waals surface area contributed by atoms with Crippen molar-refractivity contribution in [3.8, 4) is 0 Å². The molecule has 0 saturated heterocycles. The first kappa shape index (κ1) is 49.7. The first-order valence-corrected chi connectivity index (χ1v) is 22.4. The van der Waals surface area contributed by atoms with Crippen molar-refractivity contribution in [2.45, 2.75) is 187 Å². The Kier molecular flexibility index (Phi) is 33.6. The first-order chi connectivity index (χ1) is 24.5. The summed E-state index contributed by atoms with van der Waals surface area (Å²) in [4.78, 5) is 23.0. The molecule has 0 aliphatic heterocycles. The van der Waals surface area contributed by atoms with Crippen molar-refractivity contribution in [3.05, 3.63) is 36.5 Å². The Hall–Kier alpha value is -1.28. The summed E-state index contributed by atoms with van der Waals surface area (Å²) in [5.41, 5.74) is 0. The number of allylic oxidation sites excluding steroid dienone is 5. The van der Waals surface area contributed by atoms with Crippen LogP contribution < -0.4 is 5.32 Å². The Labute approximate surface area is 315 Å². The van der Waals surface area contributed by atoms with E-state index in [-0.39, 0.29) is 25.5 Å². The minimum Gasteiger partial charge on any atom is -0.387 e. The molecule has 3 N–H and O–H groups in total. The highest BCUT2D eigenvalue weighted by molar-refractivity contribution is 7.47. The number of quaternary nitrogens is 1. The number of aliphatic hydroxyl groups excluding tert-OH is 1. The Bertz CT molecular complexity index is 933. The molecule has 1 amide bonds. The van der Waals surface area contributed by atoms with Crippen molar-refractivity contribution < 1.29 is 32.9 Å². The lowest BCUT2D eigenvalue weighted by atomic mass is 10.0. The maximum absolute atomic E-state index is 12.8. The Morgan fingerprint density at radius 2 is 1.12 bits per heavy atom. The van der Waals surface area contributed by atoms with Gasteiger partial charge in [0.05, 0.1) is 39.9 Å². The number of hydrogen-bond donors (Lipinski definition) is 3. The SMILES string of the molecule is CCCCCCCC/C=C\C/C=C\CCC(=O)NC(COP(=O)(O)OCC[N+](C)(C)C)C(O)/C=C/CCCCCCCCCCCCCCCC. The smallest absolute Gasteiger partial charge is 0.387 e. The van der Waals surface area contributed by atoms with Crippen LogP contribution in [0.5, 0.6) is 0 Å². The van der Waals surface area contributed by atoms with Crippen LogP contribution in [0.1, 0.15) is 174 Å². The van der Waals surface area contributed by atoms with E-state index in [0.717, 1.165) is 32.1 Å². The third kappa shape index (κ3) is 36.9. The first-order valence-electron chi connectivity index (χ1n) is 20.9. The lowest BCUT2D eigenvalue weighted by Gasteiger charge is -2.25. The number of phosphoric ester groups is 1. The average molecular weight is 742 g/mol. The van der Waals surface area contributed by atoms with E-state index >= 15 is 0 Å². The summed E-state index contributed by atoms with van der Waals surface area (Å²) in [7, 11) is 1.54. The molecule has 0 rings (SSSR count). The van der Waals surface area contributed by atoms with Gasteiger partial charge in [-0.1, -0.05) is 166 Å². The number of nitrogens with zero attached hydrogens (tertiary/aromatic N) is 1. The second-order valence-electron chi connectivity index (χ2n) is 15.4. The molecule has 0 saturated carbocycles.